The molecule has 5 nitrogen and oxygen atoms in total. The molecule has 1 N–H and O–H groups in total. The first-order valence-electron chi connectivity index (χ1n) is 11.1. The molecule has 1 unspecified atom stereocenters. The summed E-state index contributed by atoms with van der Waals surface area (Å²) in [7, 11) is 0. The van der Waals surface area contributed by atoms with Gasteiger partial charge in [0, 0.05) is 21.1 Å². The Bertz CT molecular complexity index is 1410. The van der Waals surface area contributed by atoms with Gasteiger partial charge in [0.15, 0.2) is 5.16 Å². The van der Waals surface area contributed by atoms with Crippen LogP contribution in [0.1, 0.15) is 31.2 Å². The lowest BCUT2D eigenvalue weighted by Crippen LogP contribution is -2.27. The fraction of sp³-hybridized carbons (Fsp3) is 0.269. The molecule has 3 heterocycles. The van der Waals surface area contributed by atoms with Crippen molar-refractivity contribution in [3.05, 3.63) is 81.5 Å². The van der Waals surface area contributed by atoms with Gasteiger partial charge in [-0.15, -0.1) is 23.1 Å². The summed E-state index contributed by atoms with van der Waals surface area (Å²) in [6, 6.07) is 19.0. The van der Waals surface area contributed by atoms with Gasteiger partial charge in [0.2, 0.25) is 5.91 Å². The average Bonchev–Trinajstić information content (AvgIpc) is 3.17. The predicted molar refractivity (Wildman–Crippen MR) is 145 cm³/mol. The van der Waals surface area contributed by atoms with Gasteiger partial charge in [-0.25, -0.2) is 4.98 Å². The maximum absolute atomic E-state index is 13.9. The van der Waals surface area contributed by atoms with Crippen molar-refractivity contribution in [1.29, 1.82) is 0 Å². The summed E-state index contributed by atoms with van der Waals surface area (Å²) in [5.74, 6) is 0.765. The average molecular weight is 508 g/mol. The third kappa shape index (κ3) is 4.54. The van der Waals surface area contributed by atoms with Crippen molar-refractivity contribution in [1.82, 2.24) is 9.55 Å². The highest BCUT2D eigenvalue weighted by Crippen LogP contribution is 2.44. The van der Waals surface area contributed by atoms with E-state index >= 15 is 0 Å². The number of hydrogen-bond donors (Lipinski definition) is 1. The number of thiophene rings is 1. The lowest BCUT2D eigenvalue weighted by atomic mass is 10.00. The van der Waals surface area contributed by atoms with Crippen molar-refractivity contribution in [2.45, 2.75) is 48.1 Å². The van der Waals surface area contributed by atoms with Crippen LogP contribution in [0.5, 0.6) is 0 Å². The van der Waals surface area contributed by atoms with Gasteiger partial charge in [0.1, 0.15) is 4.83 Å². The maximum atomic E-state index is 13.9. The lowest BCUT2D eigenvalue weighted by Gasteiger charge is -2.28. The molecule has 1 amide bonds. The molecule has 174 valence electrons. The molecule has 0 fully saturated rings. The second kappa shape index (κ2) is 9.24. The molecule has 1 atom stereocenters. The Hall–Kier alpha value is -2.55. The van der Waals surface area contributed by atoms with E-state index in [9.17, 15) is 9.59 Å². The van der Waals surface area contributed by atoms with Crippen molar-refractivity contribution >= 4 is 56.7 Å². The Labute approximate surface area is 211 Å². The van der Waals surface area contributed by atoms with Crippen LogP contribution in [0, 0.1) is 0 Å². The zero-order valence-corrected chi connectivity index (χ0v) is 21.7. The summed E-state index contributed by atoms with van der Waals surface area (Å²) in [5, 5.41) is 3.76. The van der Waals surface area contributed by atoms with E-state index < -0.39 is 5.25 Å². The summed E-state index contributed by atoms with van der Waals surface area (Å²) in [6.07, 6.45) is 0.848. The fourth-order valence-electron chi connectivity index (χ4n) is 4.03. The molecule has 0 aliphatic carbocycles. The number of nitrogens with zero attached hydrogens (tertiary/aromatic N) is 2. The van der Waals surface area contributed by atoms with E-state index in [1.807, 2.05) is 79.3 Å². The summed E-state index contributed by atoms with van der Waals surface area (Å²) in [4.78, 5) is 33.8. The molecule has 0 saturated heterocycles. The molecule has 0 bridgehead atoms. The Kier molecular flexibility index (Phi) is 6.31. The van der Waals surface area contributed by atoms with Crippen LogP contribution in [-0.2, 0) is 17.0 Å². The minimum absolute atomic E-state index is 0.0606. The molecule has 1 aliphatic rings. The summed E-state index contributed by atoms with van der Waals surface area (Å²) in [6.45, 7) is 6.29. The number of benzene rings is 2. The zero-order chi connectivity index (χ0) is 23.9. The maximum Gasteiger partial charge on any atom is 0.267 e. The van der Waals surface area contributed by atoms with Crippen molar-refractivity contribution in [2.24, 2.45) is 0 Å². The highest BCUT2D eigenvalue weighted by molar-refractivity contribution is 8.00. The minimum atomic E-state index is -0.441. The molecule has 34 heavy (non-hydrogen) atoms. The van der Waals surface area contributed by atoms with Crippen LogP contribution < -0.4 is 10.9 Å². The van der Waals surface area contributed by atoms with Gasteiger partial charge < -0.3 is 5.32 Å². The standard InChI is InChI=1S/C26H25N3O2S3/c1-16(22(30)27-17-10-6-4-7-11-17)33-25-28-23-21(19-14-26(2,3)32-15-20(19)34-23)24(31)29(25)18-12-8-5-9-13-18/h4-13,16H,14-15H2,1-3H3,(H,27,30). The van der Waals surface area contributed by atoms with Crippen molar-refractivity contribution in [3.63, 3.8) is 0 Å². The molecule has 0 radical (unpaired) electrons. The number of fused-ring (bicyclic) bond motifs is 3. The number of thioether (sulfide) groups is 2. The van der Waals surface area contributed by atoms with E-state index in [-0.39, 0.29) is 16.2 Å². The first-order valence-corrected chi connectivity index (χ1v) is 13.8. The minimum Gasteiger partial charge on any atom is -0.325 e. The molecule has 2 aromatic heterocycles. The Morgan fingerprint density at radius 3 is 2.50 bits per heavy atom. The van der Waals surface area contributed by atoms with Crippen LogP contribution >= 0.6 is 34.9 Å². The van der Waals surface area contributed by atoms with Gasteiger partial charge >= 0.3 is 0 Å². The number of nitrogens with one attached hydrogen (secondary N) is 1. The van der Waals surface area contributed by atoms with Crippen molar-refractivity contribution in [2.75, 3.05) is 5.32 Å². The third-order valence-corrected chi connectivity index (χ3v) is 9.50. The van der Waals surface area contributed by atoms with E-state index in [1.54, 1.807) is 15.9 Å². The first kappa shape index (κ1) is 23.2. The number of amides is 1. The van der Waals surface area contributed by atoms with Crippen molar-refractivity contribution in [3.8, 4) is 5.69 Å². The third-order valence-electron chi connectivity index (χ3n) is 5.78. The second-order valence-corrected chi connectivity index (χ2v) is 13.0. The van der Waals surface area contributed by atoms with Gasteiger partial charge in [-0.2, -0.15) is 0 Å². The van der Waals surface area contributed by atoms with E-state index in [0.717, 1.165) is 39.3 Å². The van der Waals surface area contributed by atoms with Crippen LogP contribution in [-0.4, -0.2) is 25.5 Å². The van der Waals surface area contributed by atoms with Crippen molar-refractivity contribution < 1.29 is 4.79 Å². The highest BCUT2D eigenvalue weighted by atomic mass is 32.2. The van der Waals surface area contributed by atoms with E-state index in [2.05, 4.69) is 19.2 Å². The second-order valence-electron chi connectivity index (χ2n) is 8.89. The summed E-state index contributed by atoms with van der Waals surface area (Å²) >= 11 is 4.84. The van der Waals surface area contributed by atoms with Crippen LogP contribution in [0.3, 0.4) is 0 Å². The first-order chi connectivity index (χ1) is 16.3. The van der Waals surface area contributed by atoms with E-state index in [0.29, 0.717) is 5.16 Å². The zero-order valence-electron chi connectivity index (χ0n) is 19.2. The van der Waals surface area contributed by atoms with Crippen LogP contribution in [0.4, 0.5) is 5.69 Å². The monoisotopic (exact) mass is 507 g/mol. The topological polar surface area (TPSA) is 64.0 Å². The molecule has 1 aliphatic heterocycles. The van der Waals surface area contributed by atoms with Crippen LogP contribution in [0.25, 0.3) is 15.9 Å². The molecular weight excluding hydrogens is 483 g/mol. The molecule has 0 spiro atoms. The normalized spacial score (nSPS) is 15.6. The van der Waals surface area contributed by atoms with Gasteiger partial charge in [-0.3, -0.25) is 14.2 Å². The Morgan fingerprint density at radius 1 is 1.12 bits per heavy atom. The molecule has 0 saturated carbocycles. The number of rotatable bonds is 5. The SMILES string of the molecule is CC(Sc1nc2sc3c(c2c(=O)n1-c1ccccc1)CC(C)(C)SC3)C(=O)Nc1ccccc1. The smallest absolute Gasteiger partial charge is 0.267 e. The largest absolute Gasteiger partial charge is 0.325 e. The van der Waals surface area contributed by atoms with Gasteiger partial charge in [-0.05, 0) is 43.2 Å². The number of para-hydroxylation sites is 2. The predicted octanol–water partition coefficient (Wildman–Crippen LogP) is 6.13. The van der Waals surface area contributed by atoms with E-state index in [4.69, 9.17) is 4.98 Å². The Morgan fingerprint density at radius 2 is 1.79 bits per heavy atom. The van der Waals surface area contributed by atoms with E-state index in [1.165, 1.54) is 16.6 Å². The Balaban J connectivity index is 1.58. The van der Waals surface area contributed by atoms with Crippen LogP contribution in [0.2, 0.25) is 0 Å². The summed E-state index contributed by atoms with van der Waals surface area (Å²) in [5.41, 5.74) is 2.58. The number of carbonyl (C=O) groups is 1. The fourth-order valence-corrected chi connectivity index (χ4v) is 7.34. The summed E-state index contributed by atoms with van der Waals surface area (Å²) < 4.78 is 1.75. The van der Waals surface area contributed by atoms with Gasteiger partial charge in [-0.1, -0.05) is 62.0 Å². The lowest BCUT2D eigenvalue weighted by molar-refractivity contribution is -0.115. The van der Waals surface area contributed by atoms with Crippen LogP contribution in [0.15, 0.2) is 70.6 Å². The van der Waals surface area contributed by atoms with Gasteiger partial charge in [0.05, 0.1) is 16.3 Å². The number of aromatic nitrogens is 2. The number of anilines is 1. The molecule has 5 rings (SSSR count). The van der Waals surface area contributed by atoms with Gasteiger partial charge in [0.25, 0.3) is 5.56 Å². The number of carbonyl (C=O) groups excluding carboxylic acids is 1. The molecular formula is C26H25N3O2S3. The highest BCUT2D eigenvalue weighted by Gasteiger charge is 2.31. The molecule has 4 aromatic rings. The quantitative estimate of drug-likeness (QED) is 0.260. The molecule has 2 aromatic carbocycles. The molecule has 8 heteroatoms. The number of hydrogen-bond acceptors (Lipinski definition) is 6.